The van der Waals surface area contributed by atoms with E-state index in [4.69, 9.17) is 18.9 Å². The van der Waals surface area contributed by atoms with Crippen molar-refractivity contribution >= 4 is 21.5 Å². The van der Waals surface area contributed by atoms with Gasteiger partial charge in [-0.3, -0.25) is 0 Å². The maximum atomic E-state index is 5.79. The minimum absolute atomic E-state index is 0.534. The maximum absolute atomic E-state index is 5.79. The van der Waals surface area contributed by atoms with Gasteiger partial charge in [-0.25, -0.2) is 0 Å². The summed E-state index contributed by atoms with van der Waals surface area (Å²) in [6.07, 6.45) is 0. The molecule has 4 heteroatoms. The third kappa shape index (κ3) is 4.92. The van der Waals surface area contributed by atoms with E-state index in [0.29, 0.717) is 26.4 Å². The summed E-state index contributed by atoms with van der Waals surface area (Å²) in [5.41, 5.74) is 4.78. The minimum Gasteiger partial charge on any atom is -0.491 e. The third-order valence-corrected chi connectivity index (χ3v) is 6.33. The number of ether oxygens (including phenoxy) is 4. The molecular weight excluding hydrogens is 448 g/mol. The van der Waals surface area contributed by atoms with Crippen LogP contribution in [0.2, 0.25) is 0 Å². The fraction of sp³-hybridized carbons (Fsp3) is 0.188. The molecule has 0 spiro atoms. The van der Waals surface area contributed by atoms with Gasteiger partial charge in [0.05, 0.1) is 13.2 Å². The Morgan fingerprint density at radius 2 is 0.750 bits per heavy atom. The molecule has 5 aromatic rings. The molecule has 0 aliphatic rings. The number of methoxy groups -OCH3 is 2. The highest BCUT2D eigenvalue weighted by molar-refractivity contribution is 6.21. The smallest absolute Gasteiger partial charge is 0.119 e. The van der Waals surface area contributed by atoms with Crippen molar-refractivity contribution in [2.75, 3.05) is 40.6 Å². The predicted octanol–water partition coefficient (Wildman–Crippen LogP) is 7.38. The first-order valence-corrected chi connectivity index (χ1v) is 12.2. The van der Waals surface area contributed by atoms with Crippen molar-refractivity contribution in [2.24, 2.45) is 0 Å². The van der Waals surface area contributed by atoms with Crippen molar-refractivity contribution in [1.82, 2.24) is 0 Å². The molecule has 0 radical (unpaired) electrons. The van der Waals surface area contributed by atoms with Crippen LogP contribution >= 0.6 is 0 Å². The minimum atomic E-state index is 0.534. The van der Waals surface area contributed by atoms with Crippen LogP contribution in [0.5, 0.6) is 11.5 Å². The van der Waals surface area contributed by atoms with Gasteiger partial charge in [0.15, 0.2) is 0 Å². The van der Waals surface area contributed by atoms with Crippen LogP contribution in [0.3, 0.4) is 0 Å². The molecule has 0 aromatic heterocycles. The fourth-order valence-corrected chi connectivity index (χ4v) is 4.67. The maximum Gasteiger partial charge on any atom is 0.119 e. The van der Waals surface area contributed by atoms with Crippen LogP contribution in [0.1, 0.15) is 0 Å². The van der Waals surface area contributed by atoms with E-state index in [0.717, 1.165) is 22.6 Å². The van der Waals surface area contributed by atoms with Gasteiger partial charge in [0.2, 0.25) is 0 Å². The van der Waals surface area contributed by atoms with Crippen LogP contribution in [0.25, 0.3) is 43.8 Å². The molecule has 36 heavy (non-hydrogen) atoms. The van der Waals surface area contributed by atoms with Crippen LogP contribution < -0.4 is 9.47 Å². The molecule has 0 saturated heterocycles. The zero-order valence-electron chi connectivity index (χ0n) is 20.7. The van der Waals surface area contributed by atoms with E-state index in [2.05, 4.69) is 72.8 Å². The summed E-state index contributed by atoms with van der Waals surface area (Å²) in [5.74, 6) is 1.68. The second kappa shape index (κ2) is 11.3. The lowest BCUT2D eigenvalue weighted by Gasteiger charge is -2.18. The molecule has 5 aromatic carbocycles. The van der Waals surface area contributed by atoms with Gasteiger partial charge in [0.25, 0.3) is 0 Å². The van der Waals surface area contributed by atoms with E-state index >= 15 is 0 Å². The molecule has 4 nitrogen and oxygen atoms in total. The van der Waals surface area contributed by atoms with Crippen molar-refractivity contribution in [3.05, 3.63) is 97.1 Å². The highest BCUT2D eigenvalue weighted by Crippen LogP contribution is 2.43. The summed E-state index contributed by atoms with van der Waals surface area (Å²) >= 11 is 0. The van der Waals surface area contributed by atoms with Gasteiger partial charge >= 0.3 is 0 Å². The van der Waals surface area contributed by atoms with Crippen molar-refractivity contribution in [1.29, 1.82) is 0 Å². The van der Waals surface area contributed by atoms with Gasteiger partial charge < -0.3 is 18.9 Å². The topological polar surface area (TPSA) is 36.9 Å². The van der Waals surface area contributed by atoms with E-state index in [1.807, 2.05) is 24.3 Å². The number of benzene rings is 5. The Hall–Kier alpha value is -3.86. The molecule has 0 fully saturated rings. The fourth-order valence-electron chi connectivity index (χ4n) is 4.67. The average Bonchev–Trinajstić information content (AvgIpc) is 2.93. The predicted molar refractivity (Wildman–Crippen MR) is 147 cm³/mol. The number of fused-ring (bicyclic) bond motifs is 2. The molecule has 182 valence electrons. The van der Waals surface area contributed by atoms with Crippen LogP contribution in [0.4, 0.5) is 0 Å². The normalized spacial score (nSPS) is 11.2. The van der Waals surface area contributed by atoms with Crippen LogP contribution in [-0.2, 0) is 9.47 Å². The summed E-state index contributed by atoms with van der Waals surface area (Å²) in [6, 6.07) is 34.0. The number of hydrogen-bond acceptors (Lipinski definition) is 4. The number of hydrogen-bond donors (Lipinski definition) is 0. The monoisotopic (exact) mass is 478 g/mol. The Kier molecular flexibility index (Phi) is 7.46. The first-order chi connectivity index (χ1) is 17.8. The quantitative estimate of drug-likeness (QED) is 0.155. The van der Waals surface area contributed by atoms with E-state index < -0.39 is 0 Å². The average molecular weight is 479 g/mol. The second-order valence-electron chi connectivity index (χ2n) is 8.57. The van der Waals surface area contributed by atoms with Gasteiger partial charge in [0, 0.05) is 14.2 Å². The molecular formula is C32H30O4. The SMILES string of the molecule is COCCOc1ccc(-c2c3ccccc3c(-c3ccc(OCCOC)cc3)c3ccccc23)cc1. The highest BCUT2D eigenvalue weighted by atomic mass is 16.5. The van der Waals surface area contributed by atoms with Gasteiger partial charge in [-0.15, -0.1) is 0 Å². The second-order valence-corrected chi connectivity index (χ2v) is 8.57. The summed E-state index contributed by atoms with van der Waals surface area (Å²) in [5, 5.41) is 4.89. The molecule has 0 bridgehead atoms. The molecule has 0 heterocycles. The van der Waals surface area contributed by atoms with Crippen molar-refractivity contribution < 1.29 is 18.9 Å². The van der Waals surface area contributed by atoms with E-state index in [1.165, 1.54) is 32.7 Å². The highest BCUT2D eigenvalue weighted by Gasteiger charge is 2.16. The van der Waals surface area contributed by atoms with E-state index in [9.17, 15) is 0 Å². The Morgan fingerprint density at radius 3 is 1.06 bits per heavy atom. The standard InChI is InChI=1S/C32H30O4/c1-33-19-21-35-25-15-11-23(12-16-25)31-27-7-3-5-9-29(27)32(30-10-6-4-8-28(30)31)24-13-17-26(18-14-24)36-22-20-34-2/h3-18H,19-22H2,1-2H3. The first kappa shape index (κ1) is 23.9. The molecule has 0 unspecified atom stereocenters. The molecule has 0 saturated carbocycles. The largest absolute Gasteiger partial charge is 0.491 e. The van der Waals surface area contributed by atoms with Gasteiger partial charge in [-0.2, -0.15) is 0 Å². The Bertz CT molecular complexity index is 1270. The lowest BCUT2D eigenvalue weighted by atomic mass is 9.86. The summed E-state index contributed by atoms with van der Waals surface area (Å²) in [4.78, 5) is 0. The van der Waals surface area contributed by atoms with E-state index in [-0.39, 0.29) is 0 Å². The van der Waals surface area contributed by atoms with Crippen molar-refractivity contribution in [2.45, 2.75) is 0 Å². The Balaban J connectivity index is 1.62. The molecule has 0 amide bonds. The molecule has 0 aliphatic carbocycles. The van der Waals surface area contributed by atoms with Crippen LogP contribution in [-0.4, -0.2) is 40.6 Å². The first-order valence-electron chi connectivity index (χ1n) is 12.2. The molecule has 5 rings (SSSR count). The van der Waals surface area contributed by atoms with Crippen molar-refractivity contribution in [3.63, 3.8) is 0 Å². The summed E-state index contributed by atoms with van der Waals surface area (Å²) in [6.45, 7) is 2.21. The number of rotatable bonds is 10. The van der Waals surface area contributed by atoms with Gasteiger partial charge in [-0.1, -0.05) is 72.8 Å². The lowest BCUT2D eigenvalue weighted by molar-refractivity contribution is 0.146. The van der Waals surface area contributed by atoms with Crippen LogP contribution in [0, 0.1) is 0 Å². The zero-order valence-corrected chi connectivity index (χ0v) is 20.7. The Morgan fingerprint density at radius 1 is 0.417 bits per heavy atom. The van der Waals surface area contributed by atoms with Crippen molar-refractivity contribution in [3.8, 4) is 33.8 Å². The van der Waals surface area contributed by atoms with E-state index in [1.54, 1.807) is 14.2 Å². The zero-order chi connectivity index (χ0) is 24.7. The summed E-state index contributed by atoms with van der Waals surface area (Å²) in [7, 11) is 3.36. The third-order valence-electron chi connectivity index (χ3n) is 6.33. The van der Waals surface area contributed by atoms with Gasteiger partial charge in [0.1, 0.15) is 24.7 Å². The Labute approximate surface area is 212 Å². The molecule has 0 aliphatic heterocycles. The molecule has 0 atom stereocenters. The van der Waals surface area contributed by atoms with Gasteiger partial charge in [-0.05, 0) is 68.1 Å². The molecule has 0 N–H and O–H groups in total. The van der Waals surface area contributed by atoms with Crippen LogP contribution in [0.15, 0.2) is 97.1 Å². The lowest BCUT2D eigenvalue weighted by Crippen LogP contribution is -2.04. The summed E-state index contributed by atoms with van der Waals surface area (Å²) < 4.78 is 21.8.